The highest BCUT2D eigenvalue weighted by Crippen LogP contribution is 2.33. The van der Waals surface area contributed by atoms with Crippen LogP contribution in [0.4, 0.5) is 0 Å². The summed E-state index contributed by atoms with van der Waals surface area (Å²) in [6.45, 7) is 1.06. The van der Waals surface area contributed by atoms with E-state index >= 15 is 0 Å². The number of nitrogens with zero attached hydrogens (tertiary/aromatic N) is 1. The lowest BCUT2D eigenvalue weighted by Crippen LogP contribution is -2.60. The first kappa shape index (κ1) is 15.6. The van der Waals surface area contributed by atoms with Gasteiger partial charge in [0.05, 0.1) is 24.0 Å². The summed E-state index contributed by atoms with van der Waals surface area (Å²) in [5.74, 6) is 0.0754. The molecule has 2 aliphatic heterocycles. The first-order valence-electron chi connectivity index (χ1n) is 8.27. The van der Waals surface area contributed by atoms with E-state index in [-0.39, 0.29) is 24.3 Å². The maximum absolute atomic E-state index is 13.1. The highest BCUT2D eigenvalue weighted by atomic mass is 32.2. The topological polar surface area (TPSA) is 63.7 Å². The molecule has 0 aromatic carbocycles. The van der Waals surface area contributed by atoms with Crippen molar-refractivity contribution in [3.8, 4) is 0 Å². The molecule has 1 aliphatic carbocycles. The SMILES string of the molecule is O=C(c1csc2c1CCCC2)N1CCS(=O)(=O)[C@@H]2COCC[C@H]21. The van der Waals surface area contributed by atoms with Crippen LogP contribution in [0.25, 0.3) is 0 Å². The minimum absolute atomic E-state index is 0.0243. The Bertz CT molecular complexity index is 724. The molecule has 1 aromatic rings. The number of fused-ring (bicyclic) bond motifs is 2. The monoisotopic (exact) mass is 355 g/mol. The van der Waals surface area contributed by atoms with E-state index in [9.17, 15) is 13.2 Å². The average molecular weight is 355 g/mol. The molecule has 5 nitrogen and oxygen atoms in total. The van der Waals surface area contributed by atoms with Gasteiger partial charge in [-0.15, -0.1) is 11.3 Å². The Labute approximate surface area is 140 Å². The summed E-state index contributed by atoms with van der Waals surface area (Å²) in [4.78, 5) is 16.2. The Balaban J connectivity index is 1.64. The number of sulfone groups is 1. The molecule has 2 saturated heterocycles. The lowest BCUT2D eigenvalue weighted by Gasteiger charge is -2.43. The van der Waals surface area contributed by atoms with Crippen molar-refractivity contribution in [2.24, 2.45) is 0 Å². The number of aryl methyl sites for hydroxylation is 1. The minimum atomic E-state index is -3.15. The molecular weight excluding hydrogens is 334 g/mol. The molecule has 2 fully saturated rings. The van der Waals surface area contributed by atoms with E-state index in [2.05, 4.69) is 0 Å². The molecule has 0 radical (unpaired) electrons. The zero-order chi connectivity index (χ0) is 16.0. The highest BCUT2D eigenvalue weighted by Gasteiger charge is 2.45. The van der Waals surface area contributed by atoms with Gasteiger partial charge in [0.2, 0.25) is 0 Å². The number of rotatable bonds is 1. The highest BCUT2D eigenvalue weighted by molar-refractivity contribution is 7.92. The van der Waals surface area contributed by atoms with Crippen molar-refractivity contribution in [3.63, 3.8) is 0 Å². The molecule has 2 atom stereocenters. The van der Waals surface area contributed by atoms with Gasteiger partial charge in [-0.2, -0.15) is 0 Å². The quantitative estimate of drug-likeness (QED) is 0.768. The maximum Gasteiger partial charge on any atom is 0.255 e. The molecule has 126 valence electrons. The van der Waals surface area contributed by atoms with Gasteiger partial charge in [-0.1, -0.05) is 0 Å². The molecule has 0 bridgehead atoms. The van der Waals surface area contributed by atoms with Crippen LogP contribution in [0.3, 0.4) is 0 Å². The number of thiophene rings is 1. The summed E-state index contributed by atoms with van der Waals surface area (Å²) in [7, 11) is -3.15. The normalized spacial score (nSPS) is 29.7. The van der Waals surface area contributed by atoms with Crippen LogP contribution in [0.5, 0.6) is 0 Å². The third kappa shape index (κ3) is 2.62. The zero-order valence-corrected chi connectivity index (χ0v) is 14.6. The van der Waals surface area contributed by atoms with E-state index in [1.807, 2.05) is 10.3 Å². The molecule has 4 rings (SSSR count). The molecule has 0 saturated carbocycles. The smallest absolute Gasteiger partial charge is 0.255 e. The van der Waals surface area contributed by atoms with Crippen LogP contribution in [0.1, 0.15) is 40.1 Å². The molecule has 23 heavy (non-hydrogen) atoms. The standard InChI is InChI=1S/C16H21NO4S2/c18-16(12-10-22-14-4-2-1-3-11(12)14)17-6-8-23(19,20)15-9-21-7-5-13(15)17/h10,13,15H,1-9H2/t13-,15-/m1/s1. The van der Waals surface area contributed by atoms with Crippen LogP contribution < -0.4 is 0 Å². The summed E-state index contributed by atoms with van der Waals surface area (Å²) < 4.78 is 29.9. The van der Waals surface area contributed by atoms with Gasteiger partial charge >= 0.3 is 0 Å². The van der Waals surface area contributed by atoms with Crippen molar-refractivity contribution in [1.82, 2.24) is 4.90 Å². The molecule has 3 aliphatic rings. The van der Waals surface area contributed by atoms with Crippen LogP contribution >= 0.6 is 11.3 Å². The number of carbonyl (C=O) groups is 1. The number of carbonyl (C=O) groups excluding carboxylic acids is 1. The van der Waals surface area contributed by atoms with E-state index in [0.29, 0.717) is 19.6 Å². The fourth-order valence-electron chi connectivity index (χ4n) is 4.02. The summed E-state index contributed by atoms with van der Waals surface area (Å²) in [6, 6.07) is -0.228. The van der Waals surface area contributed by atoms with Crippen LogP contribution in [-0.2, 0) is 27.4 Å². The molecule has 1 amide bonds. The van der Waals surface area contributed by atoms with Gasteiger partial charge in [-0.3, -0.25) is 4.79 Å². The van der Waals surface area contributed by atoms with Crippen molar-refractivity contribution in [1.29, 1.82) is 0 Å². The third-order valence-corrected chi connectivity index (χ3v) is 8.51. The third-order valence-electron chi connectivity index (χ3n) is 5.30. The average Bonchev–Trinajstić information content (AvgIpc) is 2.99. The van der Waals surface area contributed by atoms with Gasteiger partial charge in [0.1, 0.15) is 5.25 Å². The Morgan fingerprint density at radius 3 is 3.00 bits per heavy atom. The Morgan fingerprint density at radius 2 is 2.13 bits per heavy atom. The molecule has 7 heteroatoms. The summed E-state index contributed by atoms with van der Waals surface area (Å²) >= 11 is 1.68. The summed E-state index contributed by atoms with van der Waals surface area (Å²) in [5.41, 5.74) is 2.03. The molecule has 0 spiro atoms. The summed E-state index contributed by atoms with van der Waals surface area (Å²) in [5, 5.41) is 1.43. The number of hydrogen-bond donors (Lipinski definition) is 0. The van der Waals surface area contributed by atoms with Gasteiger partial charge in [-0.25, -0.2) is 8.42 Å². The van der Waals surface area contributed by atoms with E-state index in [1.165, 1.54) is 16.9 Å². The predicted octanol–water partition coefficient (Wildman–Crippen LogP) is 1.66. The van der Waals surface area contributed by atoms with Crippen LogP contribution in [-0.4, -0.2) is 56.0 Å². The van der Waals surface area contributed by atoms with Crippen LogP contribution in [0.15, 0.2) is 5.38 Å². The van der Waals surface area contributed by atoms with Gasteiger partial charge in [0.15, 0.2) is 9.84 Å². The van der Waals surface area contributed by atoms with Crippen molar-refractivity contribution in [2.45, 2.75) is 43.4 Å². The molecule has 1 aromatic heterocycles. The Morgan fingerprint density at radius 1 is 1.30 bits per heavy atom. The largest absolute Gasteiger partial charge is 0.380 e. The fraction of sp³-hybridized carbons (Fsp3) is 0.688. The van der Waals surface area contributed by atoms with Gasteiger partial charge in [-0.05, 0) is 37.7 Å². The van der Waals surface area contributed by atoms with E-state index in [4.69, 9.17) is 4.74 Å². The van der Waals surface area contributed by atoms with E-state index in [1.54, 1.807) is 11.3 Å². The van der Waals surface area contributed by atoms with E-state index in [0.717, 1.165) is 24.8 Å². The molecule has 3 heterocycles. The lowest BCUT2D eigenvalue weighted by molar-refractivity contribution is 0.0293. The number of amides is 1. The second-order valence-corrected chi connectivity index (χ2v) is 9.90. The van der Waals surface area contributed by atoms with Crippen LogP contribution in [0, 0.1) is 0 Å². The Hall–Kier alpha value is -0.920. The van der Waals surface area contributed by atoms with E-state index < -0.39 is 15.1 Å². The number of hydrogen-bond acceptors (Lipinski definition) is 5. The molecule has 0 unspecified atom stereocenters. The van der Waals surface area contributed by atoms with Crippen LogP contribution in [0.2, 0.25) is 0 Å². The first-order valence-corrected chi connectivity index (χ1v) is 10.9. The van der Waals surface area contributed by atoms with Crippen molar-refractivity contribution in [3.05, 3.63) is 21.4 Å². The minimum Gasteiger partial charge on any atom is -0.380 e. The summed E-state index contributed by atoms with van der Waals surface area (Å²) in [6.07, 6.45) is 5.00. The van der Waals surface area contributed by atoms with Crippen molar-refractivity contribution in [2.75, 3.05) is 25.5 Å². The number of ether oxygens (including phenoxy) is 1. The first-order chi connectivity index (χ1) is 11.1. The Kier molecular flexibility index (Phi) is 3.98. The second kappa shape index (κ2) is 5.86. The lowest BCUT2D eigenvalue weighted by atomic mass is 9.95. The maximum atomic E-state index is 13.1. The van der Waals surface area contributed by atoms with Gasteiger partial charge < -0.3 is 9.64 Å². The second-order valence-electron chi connectivity index (χ2n) is 6.59. The molecule has 0 N–H and O–H groups in total. The van der Waals surface area contributed by atoms with Gasteiger partial charge in [0.25, 0.3) is 5.91 Å². The zero-order valence-electron chi connectivity index (χ0n) is 13.0. The predicted molar refractivity (Wildman–Crippen MR) is 88.8 cm³/mol. The van der Waals surface area contributed by atoms with Crippen molar-refractivity contribution < 1.29 is 17.9 Å². The van der Waals surface area contributed by atoms with Gasteiger partial charge in [0, 0.05) is 23.4 Å². The van der Waals surface area contributed by atoms with Crippen molar-refractivity contribution >= 4 is 27.1 Å². The fourth-order valence-corrected chi connectivity index (χ4v) is 6.96. The molecular formula is C16H21NO4S2.